The first kappa shape index (κ1) is 23.2. The minimum Gasteiger partial charge on any atom is -0.457 e. The smallest absolute Gasteiger partial charge is 0.132 e. The van der Waals surface area contributed by atoms with Gasteiger partial charge in [-0.15, -0.1) is 0 Å². The number of nitriles is 1. The molecule has 0 fully saturated rings. The van der Waals surface area contributed by atoms with Gasteiger partial charge in [-0.3, -0.25) is 4.98 Å². The van der Waals surface area contributed by atoms with Gasteiger partial charge in [-0.1, -0.05) is 84.9 Å². The zero-order valence-corrected chi connectivity index (χ0v) is 22.0. The average Bonchev–Trinajstić information content (AvgIpc) is 3.05. The number of anilines is 3. The number of ether oxygens (including phenoxy) is 1. The quantitative estimate of drug-likeness (QED) is 0.226. The third-order valence-electron chi connectivity index (χ3n) is 8.21. The van der Waals surface area contributed by atoms with Crippen LogP contribution in [0.4, 0.5) is 17.1 Å². The Morgan fingerprint density at radius 3 is 1.73 bits per heavy atom. The predicted octanol–water partition coefficient (Wildman–Crippen LogP) is 8.89. The van der Waals surface area contributed by atoms with Crippen LogP contribution >= 0.6 is 0 Å². The van der Waals surface area contributed by atoms with Gasteiger partial charge in [0, 0.05) is 28.6 Å². The summed E-state index contributed by atoms with van der Waals surface area (Å²) < 4.78 is 6.48. The number of aromatic nitrogens is 1. The number of pyridine rings is 1. The fraction of sp³-hybridized carbons (Fsp3) is 0.0270. The van der Waals surface area contributed by atoms with Crippen molar-refractivity contribution in [2.45, 2.75) is 5.41 Å². The Bertz CT molecular complexity index is 1910. The van der Waals surface area contributed by atoms with Crippen LogP contribution in [-0.4, -0.2) is 4.98 Å². The number of rotatable bonds is 2. The van der Waals surface area contributed by atoms with Crippen LogP contribution in [0, 0.1) is 11.3 Å². The lowest BCUT2D eigenvalue weighted by Crippen LogP contribution is -2.39. The number of hydrogen-bond acceptors (Lipinski definition) is 4. The fourth-order valence-electron chi connectivity index (χ4n) is 6.54. The third-order valence-corrected chi connectivity index (χ3v) is 8.21. The number of fused-ring (bicyclic) bond motifs is 8. The SMILES string of the molecule is N#Cc1ccnc(-c2ccc(N3c4ccccc4C4(c5ccccc5Oc5ccccc54)c4ccccc43)cc2)c1. The molecule has 2 aliphatic rings. The second-order valence-electron chi connectivity index (χ2n) is 10.3. The van der Waals surface area contributed by atoms with Crippen LogP contribution in [-0.2, 0) is 5.41 Å². The van der Waals surface area contributed by atoms with Crippen LogP contribution in [0.5, 0.6) is 11.5 Å². The first-order valence-electron chi connectivity index (χ1n) is 13.6. The van der Waals surface area contributed by atoms with E-state index in [0.29, 0.717) is 5.56 Å². The first-order valence-corrected chi connectivity index (χ1v) is 13.6. The number of benzene rings is 5. The molecule has 3 heterocycles. The molecule has 0 saturated carbocycles. The molecule has 0 amide bonds. The zero-order chi connectivity index (χ0) is 27.4. The Morgan fingerprint density at radius 2 is 1.15 bits per heavy atom. The van der Waals surface area contributed by atoms with Gasteiger partial charge in [-0.05, 0) is 59.7 Å². The van der Waals surface area contributed by atoms with Gasteiger partial charge < -0.3 is 9.64 Å². The highest BCUT2D eigenvalue weighted by molar-refractivity contribution is 5.91. The van der Waals surface area contributed by atoms with Gasteiger partial charge in [0.15, 0.2) is 0 Å². The largest absolute Gasteiger partial charge is 0.457 e. The van der Waals surface area contributed by atoms with E-state index in [4.69, 9.17) is 4.74 Å². The number of para-hydroxylation sites is 4. The van der Waals surface area contributed by atoms with Gasteiger partial charge in [0.05, 0.1) is 34.1 Å². The van der Waals surface area contributed by atoms with E-state index in [1.165, 1.54) is 11.1 Å². The summed E-state index contributed by atoms with van der Waals surface area (Å²) in [7, 11) is 0. The highest BCUT2D eigenvalue weighted by Crippen LogP contribution is 2.62. The first-order chi connectivity index (χ1) is 20.3. The van der Waals surface area contributed by atoms with Gasteiger partial charge in [0.25, 0.3) is 0 Å². The molecular formula is C37H23N3O. The van der Waals surface area contributed by atoms with Crippen molar-refractivity contribution in [3.05, 3.63) is 167 Å². The lowest BCUT2D eigenvalue weighted by molar-refractivity contribution is 0.434. The highest BCUT2D eigenvalue weighted by atomic mass is 16.5. The molecule has 4 heteroatoms. The molecule has 41 heavy (non-hydrogen) atoms. The summed E-state index contributed by atoms with van der Waals surface area (Å²) in [5.74, 6) is 1.75. The lowest BCUT2D eigenvalue weighted by Gasteiger charge is -2.48. The van der Waals surface area contributed by atoms with Crippen molar-refractivity contribution < 1.29 is 4.74 Å². The summed E-state index contributed by atoms with van der Waals surface area (Å²) >= 11 is 0. The van der Waals surface area contributed by atoms with Gasteiger partial charge in [0.2, 0.25) is 0 Å². The van der Waals surface area contributed by atoms with E-state index in [1.54, 1.807) is 12.3 Å². The fourth-order valence-corrected chi connectivity index (χ4v) is 6.54. The molecule has 0 bridgehead atoms. The maximum absolute atomic E-state index is 9.34. The molecule has 8 rings (SSSR count). The molecule has 1 spiro atoms. The predicted molar refractivity (Wildman–Crippen MR) is 161 cm³/mol. The second-order valence-corrected chi connectivity index (χ2v) is 10.3. The van der Waals surface area contributed by atoms with Crippen LogP contribution in [0.25, 0.3) is 11.3 Å². The molecule has 0 saturated heterocycles. The summed E-state index contributed by atoms with van der Waals surface area (Å²) in [4.78, 5) is 6.84. The van der Waals surface area contributed by atoms with E-state index in [1.807, 2.05) is 18.2 Å². The number of nitrogens with zero attached hydrogens (tertiary/aromatic N) is 3. The van der Waals surface area contributed by atoms with Crippen molar-refractivity contribution in [3.63, 3.8) is 0 Å². The normalized spacial score (nSPS) is 13.7. The Hall–Kier alpha value is -5.66. The van der Waals surface area contributed by atoms with Crippen molar-refractivity contribution in [1.82, 2.24) is 4.98 Å². The van der Waals surface area contributed by atoms with E-state index in [2.05, 4.69) is 125 Å². The summed E-state index contributed by atoms with van der Waals surface area (Å²) in [5.41, 5.74) is 9.77. The minimum absolute atomic E-state index is 0.545. The molecule has 0 unspecified atom stereocenters. The minimum atomic E-state index is -0.545. The molecular weight excluding hydrogens is 502 g/mol. The van der Waals surface area contributed by atoms with E-state index >= 15 is 0 Å². The maximum atomic E-state index is 9.34. The van der Waals surface area contributed by atoms with Gasteiger partial charge in [-0.2, -0.15) is 5.26 Å². The molecule has 0 aliphatic carbocycles. The van der Waals surface area contributed by atoms with Crippen LogP contribution in [0.3, 0.4) is 0 Å². The van der Waals surface area contributed by atoms with E-state index in [-0.39, 0.29) is 0 Å². The molecule has 6 aromatic rings. The monoisotopic (exact) mass is 525 g/mol. The van der Waals surface area contributed by atoms with Crippen molar-refractivity contribution >= 4 is 17.1 Å². The van der Waals surface area contributed by atoms with Crippen LogP contribution in [0.15, 0.2) is 140 Å². The second kappa shape index (κ2) is 8.94. The molecule has 0 atom stereocenters. The van der Waals surface area contributed by atoms with Crippen molar-refractivity contribution in [3.8, 4) is 28.8 Å². The standard InChI is InChI=1S/C37H23N3O/c38-24-25-21-22-39-32(23-25)26-17-19-27(20-18-26)40-33-13-5-1-9-28(33)37(29-10-2-6-14-34(29)40)30-11-3-7-15-35(30)41-36-16-8-4-12-31(36)37/h1-23H. The maximum Gasteiger partial charge on any atom is 0.132 e. The van der Waals surface area contributed by atoms with Crippen LogP contribution in [0.2, 0.25) is 0 Å². The molecule has 2 aliphatic heterocycles. The average molecular weight is 526 g/mol. The summed E-state index contributed by atoms with van der Waals surface area (Å²) in [6, 6.07) is 48.4. The zero-order valence-electron chi connectivity index (χ0n) is 22.0. The van der Waals surface area contributed by atoms with Crippen molar-refractivity contribution in [1.29, 1.82) is 5.26 Å². The summed E-state index contributed by atoms with van der Waals surface area (Å²) in [6.45, 7) is 0. The van der Waals surface area contributed by atoms with E-state index in [0.717, 1.165) is 50.9 Å². The Labute approximate surface area is 238 Å². The van der Waals surface area contributed by atoms with Crippen LogP contribution < -0.4 is 9.64 Å². The Kier molecular flexibility index (Phi) is 5.07. The highest BCUT2D eigenvalue weighted by Gasteiger charge is 2.50. The van der Waals surface area contributed by atoms with Crippen LogP contribution in [0.1, 0.15) is 27.8 Å². The molecule has 4 nitrogen and oxygen atoms in total. The van der Waals surface area contributed by atoms with Gasteiger partial charge in [0.1, 0.15) is 11.5 Å². The van der Waals surface area contributed by atoms with E-state index in [9.17, 15) is 5.26 Å². The van der Waals surface area contributed by atoms with Crippen molar-refractivity contribution in [2.75, 3.05) is 4.90 Å². The molecule has 192 valence electrons. The molecule has 1 aromatic heterocycles. The Balaban J connectivity index is 1.38. The van der Waals surface area contributed by atoms with E-state index < -0.39 is 5.41 Å². The lowest BCUT2D eigenvalue weighted by atomic mass is 9.61. The van der Waals surface area contributed by atoms with Crippen molar-refractivity contribution in [2.24, 2.45) is 0 Å². The topological polar surface area (TPSA) is 49.2 Å². The molecule has 5 aromatic carbocycles. The van der Waals surface area contributed by atoms with Gasteiger partial charge >= 0.3 is 0 Å². The summed E-state index contributed by atoms with van der Waals surface area (Å²) in [6.07, 6.45) is 1.68. The summed E-state index contributed by atoms with van der Waals surface area (Å²) in [5, 5.41) is 9.34. The molecule has 0 radical (unpaired) electrons. The Morgan fingerprint density at radius 1 is 0.610 bits per heavy atom. The molecule has 0 N–H and O–H groups in total. The van der Waals surface area contributed by atoms with Gasteiger partial charge in [-0.25, -0.2) is 0 Å². The third kappa shape index (κ3) is 3.30. The number of hydrogen-bond donors (Lipinski definition) is 0.